The molecule has 180 valence electrons. The van der Waals surface area contributed by atoms with E-state index in [1.165, 1.54) is 38.7 Å². The Morgan fingerprint density at radius 2 is 1.89 bits per heavy atom. The number of pyridine rings is 1. The van der Waals surface area contributed by atoms with E-state index >= 15 is 0 Å². The van der Waals surface area contributed by atoms with Gasteiger partial charge in [0.1, 0.15) is 18.6 Å². The third-order valence-corrected chi connectivity index (χ3v) is 6.36. The van der Waals surface area contributed by atoms with Crippen LogP contribution in [0.3, 0.4) is 0 Å². The van der Waals surface area contributed by atoms with Gasteiger partial charge in [-0.2, -0.15) is 0 Å². The fraction of sp³-hybridized carbons (Fsp3) is 0.192. The quantitative estimate of drug-likeness (QED) is 0.269. The number of aromatic nitrogens is 1. The summed E-state index contributed by atoms with van der Waals surface area (Å²) in [6.45, 7) is 2.02. The summed E-state index contributed by atoms with van der Waals surface area (Å²) in [4.78, 5) is 22.6. The first-order chi connectivity index (χ1) is 16.9. The Morgan fingerprint density at radius 3 is 2.63 bits per heavy atom. The van der Waals surface area contributed by atoms with Gasteiger partial charge < -0.3 is 19.6 Å². The molecule has 0 saturated carbocycles. The summed E-state index contributed by atoms with van der Waals surface area (Å²) in [5, 5.41) is 9.64. The van der Waals surface area contributed by atoms with Gasteiger partial charge >= 0.3 is 0 Å². The number of amides is 1. The molecule has 9 heteroatoms. The zero-order chi connectivity index (χ0) is 24.9. The summed E-state index contributed by atoms with van der Waals surface area (Å²) in [6.07, 6.45) is 0. The standard InChI is InChI=1S/C26H24FN3O4S/c1-15-10-20(18-14-35-25-17(18)6-5-7-19(25)27)29-21(11-15)22(30-34-4)13-28-26(31)16-8-9-23(32-2)24(12-16)33-3/h5-12,14H,13H2,1-4H3,(H,28,31)/b30-22-. The number of oxime groups is 1. The lowest BCUT2D eigenvalue weighted by Crippen LogP contribution is -2.30. The van der Waals surface area contributed by atoms with Crippen LogP contribution in [-0.2, 0) is 4.84 Å². The summed E-state index contributed by atoms with van der Waals surface area (Å²) < 4.78 is 25.3. The van der Waals surface area contributed by atoms with Crippen LogP contribution in [0, 0.1) is 12.7 Å². The van der Waals surface area contributed by atoms with E-state index in [0.717, 1.165) is 16.5 Å². The SMILES string of the molecule is CO/N=C(/CNC(=O)c1ccc(OC)c(OC)c1)c1cc(C)cc(-c2csc3c(F)cccc23)n1. The highest BCUT2D eigenvalue weighted by Crippen LogP contribution is 2.35. The van der Waals surface area contributed by atoms with Gasteiger partial charge in [0.05, 0.1) is 36.9 Å². The van der Waals surface area contributed by atoms with Crippen molar-refractivity contribution in [3.8, 4) is 22.8 Å². The molecule has 7 nitrogen and oxygen atoms in total. The van der Waals surface area contributed by atoms with Crippen LogP contribution in [0.5, 0.6) is 11.5 Å². The maximum absolute atomic E-state index is 14.2. The summed E-state index contributed by atoms with van der Waals surface area (Å²) >= 11 is 1.34. The Hall–Kier alpha value is -3.98. The van der Waals surface area contributed by atoms with Crippen molar-refractivity contribution in [2.75, 3.05) is 27.9 Å². The molecule has 0 unspecified atom stereocenters. The zero-order valence-corrected chi connectivity index (χ0v) is 20.5. The number of benzene rings is 2. The van der Waals surface area contributed by atoms with Gasteiger partial charge in [0.15, 0.2) is 11.5 Å². The number of nitrogens with zero attached hydrogens (tertiary/aromatic N) is 2. The fourth-order valence-corrected chi connectivity index (χ4v) is 4.67. The molecule has 2 aromatic heterocycles. The average molecular weight is 494 g/mol. The highest BCUT2D eigenvalue weighted by Gasteiger charge is 2.16. The molecular formula is C26H24FN3O4S. The van der Waals surface area contributed by atoms with E-state index in [0.29, 0.717) is 38.9 Å². The van der Waals surface area contributed by atoms with Crippen LogP contribution in [0.1, 0.15) is 21.6 Å². The predicted molar refractivity (Wildman–Crippen MR) is 135 cm³/mol. The molecule has 4 rings (SSSR count). The van der Waals surface area contributed by atoms with Crippen molar-refractivity contribution in [2.24, 2.45) is 5.16 Å². The first-order valence-corrected chi connectivity index (χ1v) is 11.6. The van der Waals surface area contributed by atoms with E-state index in [4.69, 9.17) is 19.3 Å². The van der Waals surface area contributed by atoms with Crippen LogP contribution in [0.4, 0.5) is 4.39 Å². The summed E-state index contributed by atoms with van der Waals surface area (Å²) in [5.41, 5.74) is 3.86. The van der Waals surface area contributed by atoms with Gasteiger partial charge in [-0.25, -0.2) is 9.37 Å². The maximum Gasteiger partial charge on any atom is 0.251 e. The highest BCUT2D eigenvalue weighted by molar-refractivity contribution is 7.17. The molecule has 0 aliphatic heterocycles. The van der Waals surface area contributed by atoms with Gasteiger partial charge in [-0.3, -0.25) is 4.79 Å². The molecular weight excluding hydrogens is 469 g/mol. The van der Waals surface area contributed by atoms with Crippen LogP contribution in [-0.4, -0.2) is 44.5 Å². The molecule has 35 heavy (non-hydrogen) atoms. The van der Waals surface area contributed by atoms with Crippen LogP contribution in [0.25, 0.3) is 21.3 Å². The number of thiophene rings is 1. The van der Waals surface area contributed by atoms with Crippen molar-refractivity contribution in [2.45, 2.75) is 6.92 Å². The minimum absolute atomic E-state index is 0.0793. The lowest BCUT2D eigenvalue weighted by atomic mass is 10.1. The second-order valence-electron chi connectivity index (χ2n) is 7.65. The van der Waals surface area contributed by atoms with E-state index in [1.807, 2.05) is 30.5 Å². The van der Waals surface area contributed by atoms with Gasteiger partial charge in [0.2, 0.25) is 0 Å². The van der Waals surface area contributed by atoms with Crippen molar-refractivity contribution in [3.05, 3.63) is 76.5 Å². The molecule has 1 amide bonds. The largest absolute Gasteiger partial charge is 0.493 e. The summed E-state index contributed by atoms with van der Waals surface area (Å²) in [7, 11) is 4.47. The average Bonchev–Trinajstić information content (AvgIpc) is 3.31. The second-order valence-corrected chi connectivity index (χ2v) is 8.53. The van der Waals surface area contributed by atoms with E-state index in [1.54, 1.807) is 24.3 Å². The van der Waals surface area contributed by atoms with Crippen molar-refractivity contribution in [1.29, 1.82) is 0 Å². The highest BCUT2D eigenvalue weighted by atomic mass is 32.1. The molecule has 0 spiro atoms. The Labute approximate surface area is 206 Å². The minimum Gasteiger partial charge on any atom is -0.493 e. The normalized spacial score (nSPS) is 11.4. The molecule has 0 radical (unpaired) electrons. The molecule has 0 fully saturated rings. The van der Waals surface area contributed by atoms with Crippen LogP contribution in [0.15, 0.2) is 59.1 Å². The van der Waals surface area contributed by atoms with Crippen molar-refractivity contribution in [1.82, 2.24) is 10.3 Å². The molecule has 4 aromatic rings. The third-order valence-electron chi connectivity index (χ3n) is 5.36. The van der Waals surface area contributed by atoms with Crippen LogP contribution < -0.4 is 14.8 Å². The fourth-order valence-electron chi connectivity index (χ4n) is 3.70. The Morgan fingerprint density at radius 1 is 1.09 bits per heavy atom. The van der Waals surface area contributed by atoms with E-state index < -0.39 is 0 Å². The number of hydrogen-bond acceptors (Lipinski definition) is 7. The van der Waals surface area contributed by atoms with E-state index in [-0.39, 0.29) is 18.3 Å². The molecule has 0 saturated heterocycles. The van der Waals surface area contributed by atoms with Crippen molar-refractivity contribution in [3.63, 3.8) is 0 Å². The smallest absolute Gasteiger partial charge is 0.251 e. The molecule has 2 aromatic carbocycles. The minimum atomic E-state index is -0.318. The van der Waals surface area contributed by atoms with Gasteiger partial charge in [0, 0.05) is 21.9 Å². The number of hydrogen-bond donors (Lipinski definition) is 1. The van der Waals surface area contributed by atoms with E-state index in [2.05, 4.69) is 10.5 Å². The first kappa shape index (κ1) is 24.2. The number of rotatable bonds is 8. The monoisotopic (exact) mass is 493 g/mol. The molecule has 0 aliphatic rings. The topological polar surface area (TPSA) is 82.0 Å². The molecule has 0 bridgehead atoms. The number of carbonyl (C=O) groups is 1. The Bertz CT molecular complexity index is 1420. The molecule has 1 N–H and O–H groups in total. The maximum atomic E-state index is 14.2. The number of methoxy groups -OCH3 is 2. The number of halogens is 1. The van der Waals surface area contributed by atoms with Crippen LogP contribution in [0.2, 0.25) is 0 Å². The number of nitrogens with one attached hydrogen (secondary N) is 1. The van der Waals surface area contributed by atoms with Crippen molar-refractivity contribution < 1.29 is 23.5 Å². The summed E-state index contributed by atoms with van der Waals surface area (Å²) in [5.74, 6) is 0.409. The number of carbonyl (C=O) groups excluding carboxylic acids is 1. The van der Waals surface area contributed by atoms with Gasteiger partial charge in [-0.1, -0.05) is 17.3 Å². The van der Waals surface area contributed by atoms with Crippen molar-refractivity contribution >= 4 is 33.0 Å². The molecule has 0 aliphatic carbocycles. The first-order valence-electron chi connectivity index (χ1n) is 10.7. The lowest BCUT2D eigenvalue weighted by molar-refractivity contribution is 0.0958. The van der Waals surface area contributed by atoms with Crippen LogP contribution >= 0.6 is 11.3 Å². The number of ether oxygens (including phenoxy) is 2. The number of fused-ring (bicyclic) bond motifs is 1. The second kappa shape index (κ2) is 10.5. The Kier molecular flexibility index (Phi) is 7.26. The number of aryl methyl sites for hydroxylation is 1. The molecule has 0 atom stereocenters. The van der Waals surface area contributed by atoms with E-state index in [9.17, 15) is 9.18 Å². The van der Waals surface area contributed by atoms with Gasteiger partial charge in [-0.05, 0) is 48.9 Å². The molecule has 2 heterocycles. The third kappa shape index (κ3) is 5.09. The predicted octanol–water partition coefficient (Wildman–Crippen LogP) is 5.21. The Balaban J connectivity index is 1.61. The zero-order valence-electron chi connectivity index (χ0n) is 19.7. The lowest BCUT2D eigenvalue weighted by Gasteiger charge is -2.12. The summed E-state index contributed by atoms with van der Waals surface area (Å²) in [6, 6.07) is 13.7. The van der Waals surface area contributed by atoms with Gasteiger partial charge in [-0.15, -0.1) is 11.3 Å². The van der Waals surface area contributed by atoms with Gasteiger partial charge in [0.25, 0.3) is 5.91 Å².